The fourth-order valence-electron chi connectivity index (χ4n) is 2.19. The quantitative estimate of drug-likeness (QED) is 0.558. The predicted molar refractivity (Wildman–Crippen MR) is 94.5 cm³/mol. The molecule has 1 aromatic carbocycles. The Balaban J connectivity index is 1.58. The number of fused-ring (bicyclic) bond motifs is 1. The lowest BCUT2D eigenvalue weighted by atomic mass is 10.2. The summed E-state index contributed by atoms with van der Waals surface area (Å²) in [6.45, 7) is 0. The molecule has 0 radical (unpaired) electrons. The van der Waals surface area contributed by atoms with Gasteiger partial charge in [0.1, 0.15) is 0 Å². The maximum absolute atomic E-state index is 12.4. The third-order valence-electron chi connectivity index (χ3n) is 3.24. The summed E-state index contributed by atoms with van der Waals surface area (Å²) in [5.41, 5.74) is 1.98. The van der Waals surface area contributed by atoms with Gasteiger partial charge in [0, 0.05) is 10.8 Å². The zero-order valence-corrected chi connectivity index (χ0v) is 13.9. The number of H-pyrrole nitrogens is 1. The lowest BCUT2D eigenvalue weighted by Crippen LogP contribution is -2.12. The average molecular weight is 361 g/mol. The molecule has 0 atom stereocenters. The Morgan fingerprint density at radius 3 is 2.91 bits per heavy atom. The van der Waals surface area contributed by atoms with Gasteiger partial charge in [-0.3, -0.25) is 15.2 Å². The molecule has 0 fully saturated rings. The molecule has 0 aliphatic carbocycles. The number of carbonyl (C=O) groups excluding carboxylic acids is 1. The highest BCUT2D eigenvalue weighted by Crippen LogP contribution is 2.33. The van der Waals surface area contributed by atoms with Crippen LogP contribution in [0.1, 0.15) is 10.5 Å². The molecule has 0 saturated heterocycles. The molecule has 4 rings (SSSR count). The largest absolute Gasteiger partial charge is 0.296 e. The topological polar surface area (TPSA) is 70.7 Å². The van der Waals surface area contributed by atoms with E-state index < -0.39 is 0 Å². The summed E-state index contributed by atoms with van der Waals surface area (Å²) in [5, 5.41) is 12.9. The fourth-order valence-corrected chi connectivity index (χ4v) is 3.97. The van der Waals surface area contributed by atoms with E-state index in [0.717, 1.165) is 21.5 Å². The number of rotatable bonds is 3. The Bertz CT molecular complexity index is 1000. The number of nitrogens with zero attached hydrogens (tertiary/aromatic N) is 2. The number of aromatic amines is 1. The molecule has 0 spiro atoms. The molecule has 114 valence electrons. The fraction of sp³-hybridized carbons (Fsp3) is 0. The number of benzene rings is 1. The van der Waals surface area contributed by atoms with Crippen molar-refractivity contribution in [2.75, 3.05) is 5.32 Å². The van der Waals surface area contributed by atoms with Crippen molar-refractivity contribution in [3.63, 3.8) is 0 Å². The number of amides is 1. The molecule has 8 heteroatoms. The monoisotopic (exact) mass is 360 g/mol. The number of anilines is 1. The van der Waals surface area contributed by atoms with Crippen LogP contribution in [0, 0.1) is 0 Å². The Morgan fingerprint density at radius 1 is 1.22 bits per heavy atom. The second-order valence-corrected chi connectivity index (χ2v) is 7.29. The van der Waals surface area contributed by atoms with Crippen molar-refractivity contribution in [1.29, 1.82) is 0 Å². The zero-order chi connectivity index (χ0) is 15.8. The van der Waals surface area contributed by atoms with Gasteiger partial charge in [0.05, 0.1) is 20.4 Å². The second-order valence-electron chi connectivity index (χ2n) is 4.71. The van der Waals surface area contributed by atoms with E-state index in [4.69, 9.17) is 11.6 Å². The number of thiazole rings is 1. The highest BCUT2D eigenvalue weighted by atomic mass is 35.5. The molecule has 1 amide bonds. The molecule has 5 nitrogen and oxygen atoms in total. The number of halogens is 1. The Morgan fingerprint density at radius 2 is 2.09 bits per heavy atom. The maximum atomic E-state index is 12.4. The zero-order valence-electron chi connectivity index (χ0n) is 11.5. The van der Waals surface area contributed by atoms with E-state index in [1.807, 2.05) is 41.8 Å². The van der Waals surface area contributed by atoms with Gasteiger partial charge in [-0.1, -0.05) is 29.8 Å². The number of para-hydroxylation sites is 1. The number of hydrogen-bond acceptors (Lipinski definition) is 5. The first-order valence-electron chi connectivity index (χ1n) is 6.66. The smallest absolute Gasteiger partial charge is 0.278 e. The Hall–Kier alpha value is -2.22. The highest BCUT2D eigenvalue weighted by Gasteiger charge is 2.16. The highest BCUT2D eigenvalue weighted by molar-refractivity contribution is 7.20. The maximum Gasteiger partial charge on any atom is 0.278 e. The lowest BCUT2D eigenvalue weighted by molar-refractivity contribution is 0.102. The summed E-state index contributed by atoms with van der Waals surface area (Å²) in [4.78, 5) is 17.8. The van der Waals surface area contributed by atoms with Crippen LogP contribution in [0.3, 0.4) is 0 Å². The summed E-state index contributed by atoms with van der Waals surface area (Å²) in [5.74, 6) is -0.285. The Kier molecular flexibility index (Phi) is 3.60. The van der Waals surface area contributed by atoms with Crippen LogP contribution in [0.25, 0.3) is 21.5 Å². The van der Waals surface area contributed by atoms with Crippen LogP contribution in [0.4, 0.5) is 5.13 Å². The van der Waals surface area contributed by atoms with Crippen LogP contribution in [0.5, 0.6) is 0 Å². The van der Waals surface area contributed by atoms with Crippen LogP contribution < -0.4 is 5.32 Å². The van der Waals surface area contributed by atoms with Gasteiger partial charge in [0.15, 0.2) is 10.8 Å². The van der Waals surface area contributed by atoms with Gasteiger partial charge in [-0.2, -0.15) is 5.10 Å². The molecule has 2 N–H and O–H groups in total. The molecular weight excluding hydrogens is 352 g/mol. The van der Waals surface area contributed by atoms with Gasteiger partial charge in [-0.25, -0.2) is 4.98 Å². The molecule has 0 aliphatic rings. The van der Waals surface area contributed by atoms with Gasteiger partial charge >= 0.3 is 0 Å². The number of hydrogen-bond donors (Lipinski definition) is 2. The summed E-state index contributed by atoms with van der Waals surface area (Å²) in [6, 6.07) is 11.2. The first kappa shape index (κ1) is 14.4. The predicted octanol–water partition coefficient (Wildman–Crippen LogP) is 4.65. The van der Waals surface area contributed by atoms with Gasteiger partial charge in [0.2, 0.25) is 0 Å². The number of aromatic nitrogens is 3. The van der Waals surface area contributed by atoms with Crippen LogP contribution in [-0.2, 0) is 0 Å². The van der Waals surface area contributed by atoms with Crippen molar-refractivity contribution in [2.45, 2.75) is 0 Å². The van der Waals surface area contributed by atoms with E-state index in [-0.39, 0.29) is 5.91 Å². The normalized spacial score (nSPS) is 11.0. The minimum Gasteiger partial charge on any atom is -0.296 e. The number of nitrogens with one attached hydrogen (secondary N) is 2. The van der Waals surface area contributed by atoms with E-state index in [0.29, 0.717) is 15.2 Å². The molecule has 0 aliphatic heterocycles. The van der Waals surface area contributed by atoms with Gasteiger partial charge in [-0.05, 0) is 18.2 Å². The first-order valence-corrected chi connectivity index (χ1v) is 8.74. The molecule has 0 bridgehead atoms. The van der Waals surface area contributed by atoms with E-state index >= 15 is 0 Å². The van der Waals surface area contributed by atoms with E-state index in [2.05, 4.69) is 20.5 Å². The molecular formula is C15H9ClN4OS2. The van der Waals surface area contributed by atoms with Crippen LogP contribution in [0.15, 0.2) is 41.8 Å². The minimum atomic E-state index is -0.285. The summed E-state index contributed by atoms with van der Waals surface area (Å²) in [7, 11) is 0. The van der Waals surface area contributed by atoms with Crippen LogP contribution >= 0.6 is 34.3 Å². The van der Waals surface area contributed by atoms with Gasteiger partial charge < -0.3 is 0 Å². The molecule has 3 aromatic heterocycles. The van der Waals surface area contributed by atoms with Crippen LogP contribution in [0.2, 0.25) is 4.34 Å². The van der Waals surface area contributed by atoms with Gasteiger partial charge in [-0.15, -0.1) is 22.7 Å². The molecule has 4 aromatic rings. The molecule has 3 heterocycles. The average Bonchev–Trinajstić information content (AvgIpc) is 3.25. The third-order valence-corrected chi connectivity index (χ3v) is 5.25. The number of thiophene rings is 1. The van der Waals surface area contributed by atoms with Crippen molar-refractivity contribution < 1.29 is 4.79 Å². The molecule has 0 unspecified atom stereocenters. The van der Waals surface area contributed by atoms with Crippen molar-refractivity contribution in [3.8, 4) is 10.6 Å². The molecule has 0 saturated carbocycles. The van der Waals surface area contributed by atoms with Crippen molar-refractivity contribution in [3.05, 3.63) is 51.8 Å². The standard InChI is InChI=1S/C15H9ClN4OS2/c16-12-6-5-11(23-12)10-7-22-15(17-10)18-14(21)13-8-3-1-2-4-9(8)19-20-13/h1-7H,(H,19,20)(H,17,18,21). The summed E-state index contributed by atoms with van der Waals surface area (Å²) in [6.07, 6.45) is 0. The van der Waals surface area contributed by atoms with Crippen molar-refractivity contribution in [1.82, 2.24) is 15.2 Å². The van der Waals surface area contributed by atoms with Crippen molar-refractivity contribution >= 4 is 56.2 Å². The van der Waals surface area contributed by atoms with Crippen molar-refractivity contribution in [2.24, 2.45) is 0 Å². The first-order chi connectivity index (χ1) is 11.2. The van der Waals surface area contributed by atoms with E-state index in [9.17, 15) is 4.79 Å². The lowest BCUT2D eigenvalue weighted by Gasteiger charge is -1.98. The minimum absolute atomic E-state index is 0.285. The number of carbonyl (C=O) groups is 1. The summed E-state index contributed by atoms with van der Waals surface area (Å²) < 4.78 is 0.710. The molecule has 23 heavy (non-hydrogen) atoms. The van der Waals surface area contributed by atoms with E-state index in [1.54, 1.807) is 0 Å². The third kappa shape index (κ3) is 2.74. The SMILES string of the molecule is O=C(Nc1nc(-c2ccc(Cl)s2)cs1)c1n[nH]c2ccccc12. The second kappa shape index (κ2) is 5.77. The Labute approximate surface area is 144 Å². The van der Waals surface area contributed by atoms with Crippen LogP contribution in [-0.4, -0.2) is 21.1 Å². The van der Waals surface area contributed by atoms with E-state index in [1.165, 1.54) is 22.7 Å². The van der Waals surface area contributed by atoms with Gasteiger partial charge in [0.25, 0.3) is 5.91 Å². The summed E-state index contributed by atoms with van der Waals surface area (Å²) >= 11 is 8.76.